The van der Waals surface area contributed by atoms with Gasteiger partial charge in [-0.1, -0.05) is 31.9 Å². The predicted octanol–water partition coefficient (Wildman–Crippen LogP) is 5.12. The van der Waals surface area contributed by atoms with Gasteiger partial charge in [0.25, 0.3) is 5.91 Å². The minimum Gasteiger partial charge on any atom is -0.385 e. The highest BCUT2D eigenvalue weighted by molar-refractivity contribution is 6.31. The number of benzene rings is 1. The number of hydrogen-bond acceptors (Lipinski definition) is 1. The first-order valence-corrected chi connectivity index (χ1v) is 9.95. The molecular weight excluding hydrogens is 330 g/mol. The van der Waals surface area contributed by atoms with Gasteiger partial charge in [-0.3, -0.25) is 4.79 Å². The van der Waals surface area contributed by atoms with Gasteiger partial charge in [0, 0.05) is 30.6 Å². The zero-order chi connectivity index (χ0) is 18.7. The molecule has 1 saturated carbocycles. The van der Waals surface area contributed by atoms with E-state index in [-0.39, 0.29) is 11.4 Å². The van der Waals surface area contributed by atoms with Gasteiger partial charge in [-0.25, -0.2) is 0 Å². The summed E-state index contributed by atoms with van der Waals surface area (Å²) in [4.78, 5) is 13.4. The second-order valence-electron chi connectivity index (χ2n) is 7.69. The van der Waals surface area contributed by atoms with Crippen molar-refractivity contribution >= 4 is 30.6 Å². The van der Waals surface area contributed by atoms with Crippen LogP contribution in [0.1, 0.15) is 57.1 Å². The fourth-order valence-electron chi connectivity index (χ4n) is 4.19. The van der Waals surface area contributed by atoms with Crippen LogP contribution in [0, 0.1) is 13.8 Å². The Hall–Kier alpha value is -0.995. The average Bonchev–Trinajstić information content (AvgIpc) is 2.48. The van der Waals surface area contributed by atoms with Crippen LogP contribution in [0.3, 0.4) is 0 Å². The van der Waals surface area contributed by atoms with Gasteiger partial charge in [-0.05, 0) is 56.3 Å². The Labute approximate surface area is 159 Å². The second-order valence-corrected chi connectivity index (χ2v) is 8.13. The van der Waals surface area contributed by atoms with E-state index >= 15 is 0 Å². The Balaban J connectivity index is 2.31. The lowest BCUT2D eigenvalue weighted by Crippen LogP contribution is -2.72. The number of amides is 1. The van der Waals surface area contributed by atoms with Crippen LogP contribution in [0.25, 0.3) is 0 Å². The number of quaternary nitrogens is 1. The largest absolute Gasteiger partial charge is 0.446 e. The molecule has 137 valence electrons. The van der Waals surface area contributed by atoms with Crippen molar-refractivity contribution in [3.05, 3.63) is 28.3 Å². The van der Waals surface area contributed by atoms with Crippen molar-refractivity contribution in [2.75, 3.05) is 18.9 Å². The number of nitrogens with one attached hydrogen (secondary N) is 1. The van der Waals surface area contributed by atoms with E-state index in [1.54, 1.807) is 0 Å². The van der Waals surface area contributed by atoms with Crippen molar-refractivity contribution in [2.45, 2.75) is 71.7 Å². The summed E-state index contributed by atoms with van der Waals surface area (Å²) in [6.07, 6.45) is 6.32. The number of hydrogen-bond donors (Lipinski definition) is 1. The predicted molar refractivity (Wildman–Crippen MR) is 108 cm³/mol. The molecule has 0 heterocycles. The van der Waals surface area contributed by atoms with Gasteiger partial charge in [0.1, 0.15) is 0 Å². The van der Waals surface area contributed by atoms with Crippen LogP contribution in [-0.4, -0.2) is 36.8 Å². The molecule has 3 nitrogen and oxygen atoms in total. The van der Waals surface area contributed by atoms with Gasteiger partial charge in [0.2, 0.25) is 0 Å². The van der Waals surface area contributed by atoms with E-state index in [0.29, 0.717) is 5.02 Å². The molecule has 1 amide bonds. The SMILES string of the molecule is CC[B][N+](C)(CCCC)C1(C(=O)Nc2c(C)cc(Cl)cc2C)CCC1. The quantitative estimate of drug-likeness (QED) is 0.639. The summed E-state index contributed by atoms with van der Waals surface area (Å²) in [5.41, 5.74) is 2.63. The summed E-state index contributed by atoms with van der Waals surface area (Å²) >= 11 is 6.14. The molecule has 1 aromatic rings. The molecule has 1 aliphatic rings. The van der Waals surface area contributed by atoms with Gasteiger partial charge < -0.3 is 9.71 Å². The van der Waals surface area contributed by atoms with E-state index in [9.17, 15) is 4.79 Å². The van der Waals surface area contributed by atoms with Crippen molar-refractivity contribution in [1.29, 1.82) is 0 Å². The zero-order valence-corrected chi connectivity index (χ0v) is 17.2. The molecule has 1 atom stereocenters. The minimum atomic E-state index is -0.330. The van der Waals surface area contributed by atoms with Gasteiger partial charge in [-0.15, -0.1) is 0 Å². The lowest BCUT2D eigenvalue weighted by molar-refractivity contribution is -0.855. The Kier molecular flexibility index (Phi) is 6.61. The lowest BCUT2D eigenvalue weighted by Gasteiger charge is -2.55. The van der Waals surface area contributed by atoms with Crippen LogP contribution in [0.2, 0.25) is 11.3 Å². The van der Waals surface area contributed by atoms with E-state index in [2.05, 4.69) is 33.6 Å². The molecule has 0 bridgehead atoms. The van der Waals surface area contributed by atoms with Crippen molar-refractivity contribution in [3.8, 4) is 0 Å². The standard InChI is InChI=1S/C20H32BClN2O/c1-6-8-12-24(5,21-7-2)20(10-9-11-20)19(25)23-18-15(3)13-17(22)14-16(18)4/h13-14H,6-12H2,1-5H3,(H,23,25)/q+1. The summed E-state index contributed by atoms with van der Waals surface area (Å²) in [5, 5.41) is 3.97. The monoisotopic (exact) mass is 362 g/mol. The number of aryl methyl sites for hydroxylation is 2. The van der Waals surface area contributed by atoms with E-state index in [0.717, 1.165) is 66.2 Å². The van der Waals surface area contributed by atoms with Gasteiger partial charge in [0.05, 0.1) is 6.54 Å². The van der Waals surface area contributed by atoms with Crippen molar-refractivity contribution in [3.63, 3.8) is 0 Å². The highest BCUT2D eigenvalue weighted by Crippen LogP contribution is 2.43. The zero-order valence-electron chi connectivity index (χ0n) is 16.4. The van der Waals surface area contributed by atoms with Crippen LogP contribution in [0.5, 0.6) is 0 Å². The van der Waals surface area contributed by atoms with Crippen molar-refractivity contribution in [2.24, 2.45) is 0 Å². The van der Waals surface area contributed by atoms with Crippen LogP contribution in [0.4, 0.5) is 5.69 Å². The number of carbonyl (C=O) groups is 1. The number of anilines is 1. The normalized spacial score (nSPS) is 18.2. The third-order valence-electron chi connectivity index (χ3n) is 5.88. The molecule has 1 aromatic carbocycles. The van der Waals surface area contributed by atoms with Crippen LogP contribution in [-0.2, 0) is 4.79 Å². The maximum absolute atomic E-state index is 13.4. The summed E-state index contributed by atoms with van der Waals surface area (Å²) in [7, 11) is 4.56. The van der Waals surface area contributed by atoms with Crippen molar-refractivity contribution in [1.82, 2.24) is 0 Å². The van der Waals surface area contributed by atoms with Crippen LogP contribution < -0.4 is 5.32 Å². The molecular formula is C20H32BClN2O+. The average molecular weight is 363 g/mol. The second kappa shape index (κ2) is 8.13. The summed E-state index contributed by atoms with van der Waals surface area (Å²) < 4.78 is 0.745. The maximum atomic E-state index is 13.4. The number of carbonyl (C=O) groups excluding carboxylic acids is 1. The smallest absolute Gasteiger partial charge is 0.385 e. The Morgan fingerprint density at radius 3 is 2.32 bits per heavy atom. The Morgan fingerprint density at radius 1 is 1.28 bits per heavy atom. The molecule has 2 rings (SSSR count). The van der Waals surface area contributed by atoms with Gasteiger partial charge >= 0.3 is 7.41 Å². The summed E-state index contributed by atoms with van der Waals surface area (Å²) in [6.45, 7) is 9.41. The molecule has 0 aliphatic heterocycles. The fourth-order valence-corrected chi connectivity index (χ4v) is 4.52. The number of unbranched alkanes of at least 4 members (excludes halogenated alkanes) is 1. The van der Waals surface area contributed by atoms with Crippen LogP contribution in [0.15, 0.2) is 12.1 Å². The third kappa shape index (κ3) is 3.90. The van der Waals surface area contributed by atoms with Crippen molar-refractivity contribution < 1.29 is 9.19 Å². The molecule has 25 heavy (non-hydrogen) atoms. The van der Waals surface area contributed by atoms with Gasteiger partial charge in [-0.2, -0.15) is 0 Å². The van der Waals surface area contributed by atoms with E-state index < -0.39 is 0 Å². The number of halogens is 1. The minimum absolute atomic E-state index is 0.163. The Bertz CT molecular complexity index is 607. The highest BCUT2D eigenvalue weighted by Gasteiger charge is 2.57. The molecule has 1 N–H and O–H groups in total. The van der Waals surface area contributed by atoms with Gasteiger partial charge in [0.15, 0.2) is 5.54 Å². The molecule has 0 aromatic heterocycles. The summed E-state index contributed by atoms with van der Waals surface area (Å²) in [6, 6.07) is 3.84. The fraction of sp³-hybridized carbons (Fsp3) is 0.650. The summed E-state index contributed by atoms with van der Waals surface area (Å²) in [5.74, 6) is 0.163. The van der Waals surface area contributed by atoms with E-state index in [1.165, 1.54) is 0 Å². The number of likely N-dealkylation sites (N-methyl/N-ethyl adjacent to an activating group) is 1. The number of rotatable bonds is 8. The molecule has 1 radical (unpaired) electrons. The van der Waals surface area contributed by atoms with E-state index in [4.69, 9.17) is 11.6 Å². The molecule has 1 fully saturated rings. The topological polar surface area (TPSA) is 29.1 Å². The molecule has 5 heteroatoms. The molecule has 0 spiro atoms. The van der Waals surface area contributed by atoms with Crippen LogP contribution >= 0.6 is 11.6 Å². The highest BCUT2D eigenvalue weighted by atomic mass is 35.5. The lowest BCUT2D eigenvalue weighted by atomic mass is 9.65. The number of nitrogens with zero attached hydrogens (tertiary/aromatic N) is 1. The first-order chi connectivity index (χ1) is 11.8. The third-order valence-corrected chi connectivity index (χ3v) is 6.10. The Morgan fingerprint density at radius 2 is 1.88 bits per heavy atom. The first kappa shape index (κ1) is 20.3. The maximum Gasteiger partial charge on any atom is 0.446 e. The molecule has 1 aliphatic carbocycles. The van der Waals surface area contributed by atoms with E-state index in [1.807, 2.05) is 26.0 Å². The molecule has 0 saturated heterocycles. The molecule has 1 unspecified atom stereocenters. The first-order valence-electron chi connectivity index (χ1n) is 9.57.